The van der Waals surface area contributed by atoms with Crippen molar-refractivity contribution in [3.05, 3.63) is 65.5 Å². The third-order valence-corrected chi connectivity index (χ3v) is 6.56. The molecule has 2 aromatic carbocycles. The highest BCUT2D eigenvalue weighted by Gasteiger charge is 2.33. The lowest BCUT2D eigenvalue weighted by Crippen LogP contribution is -2.35. The number of sulfone groups is 1. The Bertz CT molecular complexity index is 895. The molecule has 2 unspecified atom stereocenters. The molecule has 1 fully saturated rings. The molecule has 7 heteroatoms. The van der Waals surface area contributed by atoms with Gasteiger partial charge in [-0.1, -0.05) is 24.3 Å². The van der Waals surface area contributed by atoms with Crippen LogP contribution in [-0.2, 0) is 21.1 Å². The fourth-order valence-electron chi connectivity index (χ4n) is 3.24. The van der Waals surface area contributed by atoms with E-state index in [-0.39, 0.29) is 29.3 Å². The maximum absolute atomic E-state index is 13.2. The number of rotatable bonds is 6. The summed E-state index contributed by atoms with van der Waals surface area (Å²) in [5, 5.41) is 2.98. The number of hydrogen-bond acceptors (Lipinski definition) is 4. The lowest BCUT2D eigenvalue weighted by atomic mass is 9.97. The van der Waals surface area contributed by atoms with E-state index in [0.717, 1.165) is 11.1 Å². The zero-order valence-electron chi connectivity index (χ0n) is 15.0. The summed E-state index contributed by atoms with van der Waals surface area (Å²) >= 11 is 0. The van der Waals surface area contributed by atoms with Crippen molar-refractivity contribution in [3.63, 3.8) is 0 Å². The zero-order valence-corrected chi connectivity index (χ0v) is 15.8. The molecule has 2 aromatic rings. The van der Waals surface area contributed by atoms with Crippen molar-refractivity contribution in [2.24, 2.45) is 5.92 Å². The number of amides is 1. The number of methoxy groups -OCH3 is 1. The Morgan fingerprint density at radius 1 is 1.19 bits per heavy atom. The number of carbonyl (C=O) groups is 1. The summed E-state index contributed by atoms with van der Waals surface area (Å²) in [6, 6.07) is 13.1. The van der Waals surface area contributed by atoms with Gasteiger partial charge in [0.05, 0.1) is 30.6 Å². The summed E-state index contributed by atoms with van der Waals surface area (Å²) < 4.78 is 41.7. The molecule has 0 spiro atoms. The molecule has 144 valence electrons. The summed E-state index contributed by atoms with van der Waals surface area (Å²) in [6.45, 7) is 0. The van der Waals surface area contributed by atoms with Crippen molar-refractivity contribution < 1.29 is 22.3 Å². The second-order valence-electron chi connectivity index (χ2n) is 6.76. The van der Waals surface area contributed by atoms with Crippen LogP contribution in [0.15, 0.2) is 48.5 Å². The van der Waals surface area contributed by atoms with Crippen molar-refractivity contribution in [1.29, 1.82) is 0 Å². The Kier molecular flexibility index (Phi) is 5.79. The molecule has 1 saturated heterocycles. The summed E-state index contributed by atoms with van der Waals surface area (Å²) in [5.41, 5.74) is 1.74. The zero-order chi connectivity index (χ0) is 19.4. The summed E-state index contributed by atoms with van der Waals surface area (Å²) in [6.07, 6.45) is 0.817. The van der Waals surface area contributed by atoms with Gasteiger partial charge in [-0.2, -0.15) is 0 Å². The molecule has 1 N–H and O–H groups in total. The molecular formula is C20H22FNO4S. The van der Waals surface area contributed by atoms with E-state index in [2.05, 4.69) is 5.32 Å². The summed E-state index contributed by atoms with van der Waals surface area (Å²) in [7, 11) is -1.56. The van der Waals surface area contributed by atoms with Gasteiger partial charge in [0.2, 0.25) is 5.91 Å². The van der Waals surface area contributed by atoms with Crippen molar-refractivity contribution in [3.8, 4) is 5.75 Å². The first kappa shape index (κ1) is 19.4. The van der Waals surface area contributed by atoms with Gasteiger partial charge in [0.15, 0.2) is 9.84 Å². The van der Waals surface area contributed by atoms with Gasteiger partial charge in [-0.3, -0.25) is 4.79 Å². The van der Waals surface area contributed by atoms with Gasteiger partial charge in [-0.25, -0.2) is 12.8 Å². The van der Waals surface area contributed by atoms with Crippen LogP contribution in [0.5, 0.6) is 5.75 Å². The smallest absolute Gasteiger partial charge is 0.224 e. The number of benzene rings is 2. The normalized spacial score (nSPS) is 19.4. The fourth-order valence-corrected chi connectivity index (χ4v) is 4.98. The molecule has 3 rings (SSSR count). The molecule has 1 aliphatic rings. The largest absolute Gasteiger partial charge is 0.497 e. The lowest BCUT2D eigenvalue weighted by molar-refractivity contribution is -0.125. The molecule has 0 aliphatic carbocycles. The van der Waals surface area contributed by atoms with E-state index in [4.69, 9.17) is 4.74 Å². The van der Waals surface area contributed by atoms with E-state index in [9.17, 15) is 17.6 Å². The Morgan fingerprint density at radius 2 is 1.85 bits per heavy atom. The van der Waals surface area contributed by atoms with Crippen LogP contribution in [0, 0.1) is 11.7 Å². The SMILES string of the molecule is COc1ccc(C(Cc2ccc(F)cc2)NC(=O)C2CCS(=O)(=O)C2)cc1. The van der Waals surface area contributed by atoms with Gasteiger partial charge in [-0.05, 0) is 48.2 Å². The van der Waals surface area contributed by atoms with E-state index in [1.165, 1.54) is 12.1 Å². The van der Waals surface area contributed by atoms with Gasteiger partial charge >= 0.3 is 0 Å². The van der Waals surface area contributed by atoms with Crippen LogP contribution in [-0.4, -0.2) is 32.9 Å². The number of nitrogens with one attached hydrogen (secondary N) is 1. The Morgan fingerprint density at radius 3 is 2.41 bits per heavy atom. The average Bonchev–Trinajstić information content (AvgIpc) is 3.03. The van der Waals surface area contributed by atoms with Crippen LogP contribution in [0.2, 0.25) is 0 Å². The topological polar surface area (TPSA) is 72.5 Å². The number of ether oxygens (including phenoxy) is 1. The van der Waals surface area contributed by atoms with Crippen molar-refractivity contribution >= 4 is 15.7 Å². The molecule has 0 radical (unpaired) electrons. The van der Waals surface area contributed by atoms with Crippen LogP contribution in [0.1, 0.15) is 23.6 Å². The van der Waals surface area contributed by atoms with Gasteiger partial charge < -0.3 is 10.1 Å². The Hall–Kier alpha value is -2.41. The predicted molar refractivity (Wildman–Crippen MR) is 101 cm³/mol. The molecule has 0 bridgehead atoms. The van der Waals surface area contributed by atoms with Crippen molar-refractivity contribution in [2.75, 3.05) is 18.6 Å². The van der Waals surface area contributed by atoms with Gasteiger partial charge in [0.25, 0.3) is 0 Å². The lowest BCUT2D eigenvalue weighted by Gasteiger charge is -2.21. The minimum atomic E-state index is -3.13. The predicted octanol–water partition coefficient (Wildman–Crippen LogP) is 2.67. The highest BCUT2D eigenvalue weighted by Crippen LogP contribution is 2.24. The first-order valence-electron chi connectivity index (χ1n) is 8.75. The molecule has 1 heterocycles. The van der Waals surface area contributed by atoms with Crippen LogP contribution in [0.3, 0.4) is 0 Å². The van der Waals surface area contributed by atoms with Crippen LogP contribution < -0.4 is 10.1 Å². The van der Waals surface area contributed by atoms with E-state index in [1.54, 1.807) is 31.4 Å². The monoisotopic (exact) mass is 391 g/mol. The maximum Gasteiger partial charge on any atom is 0.224 e. The highest BCUT2D eigenvalue weighted by atomic mass is 32.2. The third kappa shape index (κ3) is 5.07. The first-order chi connectivity index (χ1) is 12.9. The average molecular weight is 391 g/mol. The van der Waals surface area contributed by atoms with Crippen LogP contribution in [0.25, 0.3) is 0 Å². The quantitative estimate of drug-likeness (QED) is 0.822. The molecule has 1 amide bonds. The van der Waals surface area contributed by atoms with Crippen LogP contribution >= 0.6 is 0 Å². The fraction of sp³-hybridized carbons (Fsp3) is 0.350. The molecule has 1 aliphatic heterocycles. The first-order valence-corrected chi connectivity index (χ1v) is 10.6. The molecule has 27 heavy (non-hydrogen) atoms. The van der Waals surface area contributed by atoms with E-state index >= 15 is 0 Å². The second-order valence-corrected chi connectivity index (χ2v) is 8.99. The third-order valence-electron chi connectivity index (χ3n) is 4.79. The standard InChI is InChI=1S/C20H22FNO4S/c1-26-18-8-4-15(5-9-18)19(12-14-2-6-17(21)7-3-14)22-20(23)16-10-11-27(24,25)13-16/h2-9,16,19H,10-13H2,1H3,(H,22,23). The number of halogens is 1. The van der Waals surface area contributed by atoms with Gasteiger partial charge in [0.1, 0.15) is 11.6 Å². The Labute approximate surface area is 158 Å². The summed E-state index contributed by atoms with van der Waals surface area (Å²) in [5.74, 6) is -0.462. The Balaban J connectivity index is 1.80. The number of hydrogen-bond donors (Lipinski definition) is 1. The van der Waals surface area contributed by atoms with E-state index < -0.39 is 15.8 Å². The second kappa shape index (κ2) is 8.08. The number of carbonyl (C=O) groups excluding carboxylic acids is 1. The maximum atomic E-state index is 13.2. The van der Waals surface area contributed by atoms with Gasteiger partial charge in [-0.15, -0.1) is 0 Å². The molecule has 2 atom stereocenters. The highest BCUT2D eigenvalue weighted by molar-refractivity contribution is 7.91. The van der Waals surface area contributed by atoms with Crippen molar-refractivity contribution in [1.82, 2.24) is 5.32 Å². The van der Waals surface area contributed by atoms with E-state index in [1.807, 2.05) is 12.1 Å². The van der Waals surface area contributed by atoms with E-state index in [0.29, 0.717) is 18.6 Å². The van der Waals surface area contributed by atoms with Crippen molar-refractivity contribution in [2.45, 2.75) is 18.9 Å². The minimum Gasteiger partial charge on any atom is -0.497 e. The molecule has 0 saturated carbocycles. The molecule has 0 aromatic heterocycles. The minimum absolute atomic E-state index is 0.0518. The molecule has 5 nitrogen and oxygen atoms in total. The van der Waals surface area contributed by atoms with Crippen LogP contribution in [0.4, 0.5) is 4.39 Å². The molecular weight excluding hydrogens is 369 g/mol. The van der Waals surface area contributed by atoms with Gasteiger partial charge in [0, 0.05) is 0 Å². The summed E-state index contributed by atoms with van der Waals surface area (Å²) in [4.78, 5) is 12.6.